The van der Waals surface area contributed by atoms with E-state index < -0.39 is 0 Å². The van der Waals surface area contributed by atoms with Gasteiger partial charge in [0.15, 0.2) is 0 Å². The zero-order chi connectivity index (χ0) is 24.6. The molecule has 3 aromatic rings. The van der Waals surface area contributed by atoms with E-state index in [4.69, 9.17) is 9.47 Å². The van der Waals surface area contributed by atoms with Crippen LogP contribution in [0.5, 0.6) is 5.75 Å². The summed E-state index contributed by atoms with van der Waals surface area (Å²) in [4.78, 5) is 29.2. The summed E-state index contributed by atoms with van der Waals surface area (Å²) >= 11 is 0. The van der Waals surface area contributed by atoms with Crippen molar-refractivity contribution >= 4 is 28.7 Å². The van der Waals surface area contributed by atoms with Crippen molar-refractivity contribution in [3.8, 4) is 5.75 Å². The van der Waals surface area contributed by atoms with Crippen molar-refractivity contribution in [1.29, 1.82) is 0 Å². The summed E-state index contributed by atoms with van der Waals surface area (Å²) in [6.45, 7) is 5.76. The predicted molar refractivity (Wildman–Crippen MR) is 138 cm³/mol. The number of benzene rings is 3. The Hall–Kier alpha value is -3.64. The molecule has 182 valence electrons. The van der Waals surface area contributed by atoms with Crippen LogP contribution < -0.4 is 4.74 Å². The summed E-state index contributed by atoms with van der Waals surface area (Å²) in [5.41, 5.74) is 1.95. The number of ether oxygens (including phenoxy) is 2. The zero-order valence-electron chi connectivity index (χ0n) is 20.4. The second kappa shape index (κ2) is 11.7. The van der Waals surface area contributed by atoms with Gasteiger partial charge in [-0.1, -0.05) is 54.6 Å². The Bertz CT molecular complexity index is 1180. The number of fused-ring (bicyclic) bond motifs is 1. The third-order valence-electron chi connectivity index (χ3n) is 6.48. The van der Waals surface area contributed by atoms with E-state index in [-0.39, 0.29) is 17.8 Å². The lowest BCUT2D eigenvalue weighted by molar-refractivity contribution is -0.145. The Labute approximate surface area is 206 Å². The molecule has 0 bridgehead atoms. The van der Waals surface area contributed by atoms with Crippen molar-refractivity contribution in [2.24, 2.45) is 0 Å². The van der Waals surface area contributed by atoms with E-state index in [2.05, 4.69) is 4.90 Å². The molecule has 1 fully saturated rings. The number of piperazine rings is 1. The normalized spacial score (nSPS) is 15.3. The summed E-state index contributed by atoms with van der Waals surface area (Å²) in [7, 11) is 1.65. The van der Waals surface area contributed by atoms with Gasteiger partial charge in [0, 0.05) is 38.8 Å². The maximum absolute atomic E-state index is 12.6. The third kappa shape index (κ3) is 6.49. The van der Waals surface area contributed by atoms with Crippen molar-refractivity contribution in [2.75, 3.05) is 46.4 Å². The van der Waals surface area contributed by atoms with E-state index in [1.165, 1.54) is 0 Å². The predicted octanol–water partition coefficient (Wildman–Crippen LogP) is 4.35. The molecule has 0 unspecified atom stereocenters. The molecule has 0 radical (unpaired) electrons. The molecule has 3 aromatic carbocycles. The van der Waals surface area contributed by atoms with Crippen LogP contribution in [0.1, 0.15) is 24.0 Å². The van der Waals surface area contributed by atoms with Gasteiger partial charge in [0.2, 0.25) is 5.91 Å². The van der Waals surface area contributed by atoms with Gasteiger partial charge < -0.3 is 14.4 Å². The first kappa shape index (κ1) is 24.5. The summed E-state index contributed by atoms with van der Waals surface area (Å²) < 4.78 is 10.9. The summed E-state index contributed by atoms with van der Waals surface area (Å²) in [5.74, 6) is 0.277. The molecule has 6 nitrogen and oxygen atoms in total. The number of hydrogen-bond acceptors (Lipinski definition) is 5. The number of rotatable bonds is 8. The molecule has 1 aliphatic rings. The third-order valence-corrected chi connectivity index (χ3v) is 6.48. The highest BCUT2D eigenvalue weighted by atomic mass is 16.5. The fourth-order valence-electron chi connectivity index (χ4n) is 4.20. The van der Waals surface area contributed by atoms with Crippen LogP contribution in [0.4, 0.5) is 0 Å². The summed E-state index contributed by atoms with van der Waals surface area (Å²) in [6, 6.07) is 21.7. The topological polar surface area (TPSA) is 59.1 Å². The number of hydrogen-bond donors (Lipinski definition) is 0. The van der Waals surface area contributed by atoms with Crippen LogP contribution in [-0.4, -0.2) is 68.1 Å². The highest BCUT2D eigenvalue weighted by Crippen LogP contribution is 2.25. The number of nitrogens with zero attached hydrogens (tertiary/aromatic N) is 2. The van der Waals surface area contributed by atoms with Crippen LogP contribution in [0, 0.1) is 0 Å². The second-order valence-electron chi connectivity index (χ2n) is 8.77. The van der Waals surface area contributed by atoms with Crippen LogP contribution in [0.25, 0.3) is 16.8 Å². The Morgan fingerprint density at radius 2 is 1.66 bits per heavy atom. The number of amides is 1. The van der Waals surface area contributed by atoms with E-state index >= 15 is 0 Å². The van der Waals surface area contributed by atoms with Crippen LogP contribution in [0.2, 0.25) is 0 Å². The van der Waals surface area contributed by atoms with Crippen LogP contribution in [0.3, 0.4) is 0 Å². The zero-order valence-corrected chi connectivity index (χ0v) is 20.4. The average molecular weight is 473 g/mol. The van der Waals surface area contributed by atoms with Gasteiger partial charge in [0.25, 0.3) is 0 Å². The highest BCUT2D eigenvalue weighted by Gasteiger charge is 2.21. The molecule has 1 aliphatic heterocycles. The Kier molecular flexibility index (Phi) is 8.16. The molecule has 1 saturated heterocycles. The minimum absolute atomic E-state index is 0.0302. The Balaban J connectivity index is 1.20. The van der Waals surface area contributed by atoms with Crippen molar-refractivity contribution in [2.45, 2.75) is 12.8 Å². The highest BCUT2D eigenvalue weighted by molar-refractivity contribution is 5.92. The first-order chi connectivity index (χ1) is 17.0. The van der Waals surface area contributed by atoms with E-state index in [1.807, 2.05) is 84.6 Å². The average Bonchev–Trinajstić information content (AvgIpc) is 2.91. The van der Waals surface area contributed by atoms with Crippen molar-refractivity contribution in [1.82, 2.24) is 9.80 Å². The first-order valence-electron chi connectivity index (χ1n) is 12.0. The van der Waals surface area contributed by atoms with Gasteiger partial charge in [-0.15, -0.1) is 0 Å². The molecular formula is C29H32N2O4. The van der Waals surface area contributed by atoms with Gasteiger partial charge in [-0.3, -0.25) is 14.5 Å². The molecule has 0 saturated carbocycles. The van der Waals surface area contributed by atoms with Crippen molar-refractivity contribution in [3.63, 3.8) is 0 Å². The van der Waals surface area contributed by atoms with E-state index in [0.29, 0.717) is 26.2 Å². The number of esters is 1. The SMILES string of the molecule is COc1ccc2cc([C@H](C)C(=O)OCCN3CCN(C(=O)/C=C/c4ccccc4)CC3)ccc2c1. The van der Waals surface area contributed by atoms with Crippen LogP contribution in [-0.2, 0) is 14.3 Å². The molecule has 0 aliphatic carbocycles. The monoisotopic (exact) mass is 472 g/mol. The van der Waals surface area contributed by atoms with Gasteiger partial charge in [0.05, 0.1) is 13.0 Å². The molecule has 1 atom stereocenters. The largest absolute Gasteiger partial charge is 0.497 e. The first-order valence-corrected chi connectivity index (χ1v) is 12.0. The van der Waals surface area contributed by atoms with Crippen LogP contribution in [0.15, 0.2) is 72.8 Å². The maximum atomic E-state index is 12.6. The Morgan fingerprint density at radius 3 is 2.40 bits per heavy atom. The van der Waals surface area contributed by atoms with Gasteiger partial charge in [0.1, 0.15) is 12.4 Å². The maximum Gasteiger partial charge on any atom is 0.313 e. The number of carbonyl (C=O) groups excluding carboxylic acids is 2. The molecule has 4 rings (SSSR count). The molecule has 1 heterocycles. The number of methoxy groups -OCH3 is 1. The lowest BCUT2D eigenvalue weighted by atomic mass is 9.98. The minimum atomic E-state index is -0.340. The quantitative estimate of drug-likeness (QED) is 0.360. The van der Waals surface area contributed by atoms with Gasteiger partial charge >= 0.3 is 5.97 Å². The van der Waals surface area contributed by atoms with Gasteiger partial charge in [-0.25, -0.2) is 0 Å². The summed E-state index contributed by atoms with van der Waals surface area (Å²) in [5, 5.41) is 2.14. The molecule has 35 heavy (non-hydrogen) atoms. The van der Waals surface area contributed by atoms with Gasteiger partial charge in [-0.05, 0) is 47.0 Å². The molecule has 0 aromatic heterocycles. The van der Waals surface area contributed by atoms with Crippen molar-refractivity contribution < 1.29 is 19.1 Å². The van der Waals surface area contributed by atoms with E-state index in [9.17, 15) is 9.59 Å². The standard InChI is InChI=1S/C29H32N2O4/c1-22(24-9-10-26-21-27(34-2)12-11-25(26)20-24)29(33)35-19-18-30-14-16-31(17-15-30)28(32)13-8-23-6-4-3-5-7-23/h3-13,20-22H,14-19H2,1-2H3/b13-8+/t22-/m0/s1. The lowest BCUT2D eigenvalue weighted by Crippen LogP contribution is -2.49. The number of carbonyl (C=O) groups is 2. The van der Waals surface area contributed by atoms with Gasteiger partial charge in [-0.2, -0.15) is 0 Å². The summed E-state index contributed by atoms with van der Waals surface area (Å²) in [6.07, 6.45) is 3.49. The fraction of sp³-hybridized carbons (Fsp3) is 0.310. The molecular weight excluding hydrogens is 440 g/mol. The smallest absolute Gasteiger partial charge is 0.313 e. The van der Waals surface area contributed by atoms with Crippen LogP contribution >= 0.6 is 0 Å². The fourth-order valence-corrected chi connectivity index (χ4v) is 4.20. The van der Waals surface area contributed by atoms with E-state index in [1.54, 1.807) is 13.2 Å². The van der Waals surface area contributed by atoms with Crippen molar-refractivity contribution in [3.05, 3.63) is 83.9 Å². The molecule has 0 spiro atoms. The van der Waals surface area contributed by atoms with E-state index in [0.717, 1.165) is 40.7 Å². The molecule has 1 amide bonds. The second-order valence-corrected chi connectivity index (χ2v) is 8.77. The molecule has 6 heteroatoms. The Morgan fingerprint density at radius 1 is 0.943 bits per heavy atom. The minimum Gasteiger partial charge on any atom is -0.497 e. The molecule has 0 N–H and O–H groups in total. The lowest BCUT2D eigenvalue weighted by Gasteiger charge is -2.34.